The zero-order chi connectivity index (χ0) is 17.8. The molecule has 0 spiro atoms. The topological polar surface area (TPSA) is 65.6 Å². The monoisotopic (exact) mass is 343 g/mol. The summed E-state index contributed by atoms with van der Waals surface area (Å²) in [6.45, 7) is 6.77. The highest BCUT2D eigenvalue weighted by molar-refractivity contribution is 5.84. The van der Waals surface area contributed by atoms with Gasteiger partial charge >= 0.3 is 5.97 Å². The number of piperazine rings is 1. The molecule has 1 amide bonds. The van der Waals surface area contributed by atoms with Crippen LogP contribution in [0.5, 0.6) is 0 Å². The predicted molar refractivity (Wildman–Crippen MR) is 96.4 cm³/mol. The molecule has 0 unspecified atom stereocenters. The van der Waals surface area contributed by atoms with Crippen LogP contribution in [0.25, 0.3) is 10.9 Å². The maximum Gasteiger partial charge on any atom is 0.320 e. The Morgan fingerprint density at radius 1 is 1.32 bits per heavy atom. The first-order chi connectivity index (χ1) is 12.1. The second-order valence-electron chi connectivity index (χ2n) is 6.51. The Bertz CT molecular complexity index is 768. The Morgan fingerprint density at radius 2 is 2.16 bits per heavy atom. The third kappa shape index (κ3) is 4.20. The largest absolute Gasteiger partial charge is 0.465 e. The van der Waals surface area contributed by atoms with E-state index in [4.69, 9.17) is 4.74 Å². The molecule has 1 aromatic heterocycles. The van der Waals surface area contributed by atoms with Crippen molar-refractivity contribution in [1.82, 2.24) is 14.8 Å². The van der Waals surface area contributed by atoms with Gasteiger partial charge in [0.1, 0.15) is 0 Å². The van der Waals surface area contributed by atoms with E-state index in [1.54, 1.807) is 6.92 Å². The summed E-state index contributed by atoms with van der Waals surface area (Å²) in [5.41, 5.74) is 3.60. The van der Waals surface area contributed by atoms with Gasteiger partial charge in [0.15, 0.2) is 0 Å². The van der Waals surface area contributed by atoms with E-state index >= 15 is 0 Å². The molecule has 1 saturated heterocycles. The van der Waals surface area contributed by atoms with Gasteiger partial charge in [-0.15, -0.1) is 0 Å². The average molecular weight is 343 g/mol. The molecule has 1 N–H and O–H groups in total. The van der Waals surface area contributed by atoms with Crippen LogP contribution in [0.1, 0.15) is 18.1 Å². The number of ether oxygens (including phenoxy) is 1. The normalized spacial score (nSPS) is 15.8. The quantitative estimate of drug-likeness (QED) is 0.811. The number of aromatic amines is 1. The van der Waals surface area contributed by atoms with Gasteiger partial charge in [0.05, 0.1) is 19.7 Å². The van der Waals surface area contributed by atoms with Gasteiger partial charge in [-0.1, -0.05) is 12.1 Å². The molecule has 2 aromatic rings. The SMILES string of the molecule is CCOC(=O)CN1CCN(CCc2c[nH]c3cc(C)ccc23)C(=O)C1. The third-order valence-corrected chi connectivity index (χ3v) is 4.63. The lowest BCUT2D eigenvalue weighted by Gasteiger charge is -2.33. The van der Waals surface area contributed by atoms with Gasteiger partial charge in [-0.05, 0) is 37.5 Å². The van der Waals surface area contributed by atoms with E-state index in [-0.39, 0.29) is 25.0 Å². The Hall–Kier alpha value is -2.34. The number of esters is 1. The summed E-state index contributed by atoms with van der Waals surface area (Å²) in [7, 11) is 0. The zero-order valence-electron chi connectivity index (χ0n) is 14.9. The third-order valence-electron chi connectivity index (χ3n) is 4.63. The van der Waals surface area contributed by atoms with Crippen LogP contribution < -0.4 is 0 Å². The number of nitrogens with one attached hydrogen (secondary N) is 1. The van der Waals surface area contributed by atoms with Gasteiger partial charge in [-0.3, -0.25) is 14.5 Å². The number of carbonyl (C=O) groups is 2. The summed E-state index contributed by atoms with van der Waals surface area (Å²) in [6, 6.07) is 6.38. The van der Waals surface area contributed by atoms with E-state index in [9.17, 15) is 9.59 Å². The number of aryl methyl sites for hydroxylation is 1. The zero-order valence-corrected chi connectivity index (χ0v) is 14.9. The minimum Gasteiger partial charge on any atom is -0.465 e. The summed E-state index contributed by atoms with van der Waals surface area (Å²) >= 11 is 0. The highest BCUT2D eigenvalue weighted by atomic mass is 16.5. The van der Waals surface area contributed by atoms with Crippen molar-refractivity contribution in [2.24, 2.45) is 0 Å². The molecule has 0 saturated carbocycles. The molecule has 0 aliphatic carbocycles. The van der Waals surface area contributed by atoms with Crippen molar-refractivity contribution in [2.75, 3.05) is 39.3 Å². The van der Waals surface area contributed by atoms with Crippen molar-refractivity contribution >= 4 is 22.8 Å². The lowest BCUT2D eigenvalue weighted by molar-refractivity contribution is -0.146. The number of aromatic nitrogens is 1. The Balaban J connectivity index is 1.54. The number of carbonyl (C=O) groups excluding carboxylic acids is 2. The Labute approximate surface area is 147 Å². The van der Waals surface area contributed by atoms with E-state index in [2.05, 4.69) is 30.1 Å². The smallest absolute Gasteiger partial charge is 0.320 e. The van der Waals surface area contributed by atoms with E-state index in [0.717, 1.165) is 11.9 Å². The summed E-state index contributed by atoms with van der Waals surface area (Å²) in [6.07, 6.45) is 2.86. The van der Waals surface area contributed by atoms with Crippen LogP contribution in [0, 0.1) is 6.92 Å². The van der Waals surface area contributed by atoms with Gasteiger partial charge in [-0.2, -0.15) is 0 Å². The van der Waals surface area contributed by atoms with Crippen LogP contribution in [0.2, 0.25) is 0 Å². The van der Waals surface area contributed by atoms with Crippen LogP contribution in [0.3, 0.4) is 0 Å². The van der Waals surface area contributed by atoms with Gasteiger partial charge in [0.2, 0.25) is 5.91 Å². The maximum absolute atomic E-state index is 12.3. The molecular formula is C19H25N3O3. The first-order valence-electron chi connectivity index (χ1n) is 8.79. The molecule has 3 rings (SSSR count). The van der Waals surface area contributed by atoms with Crippen molar-refractivity contribution in [3.05, 3.63) is 35.5 Å². The van der Waals surface area contributed by atoms with Crippen molar-refractivity contribution in [3.8, 4) is 0 Å². The molecule has 0 atom stereocenters. The molecule has 1 fully saturated rings. The molecule has 134 valence electrons. The molecular weight excluding hydrogens is 318 g/mol. The van der Waals surface area contributed by atoms with Crippen LogP contribution in [-0.4, -0.2) is 66.0 Å². The molecule has 2 heterocycles. The lowest BCUT2D eigenvalue weighted by Crippen LogP contribution is -2.52. The van der Waals surface area contributed by atoms with Gasteiger partial charge in [-0.25, -0.2) is 0 Å². The number of benzene rings is 1. The van der Waals surface area contributed by atoms with Crippen molar-refractivity contribution in [3.63, 3.8) is 0 Å². The molecule has 1 aliphatic rings. The van der Waals surface area contributed by atoms with Crippen molar-refractivity contribution in [2.45, 2.75) is 20.3 Å². The number of rotatable bonds is 6. The molecule has 1 aromatic carbocycles. The highest BCUT2D eigenvalue weighted by Crippen LogP contribution is 2.20. The molecule has 6 nitrogen and oxygen atoms in total. The second-order valence-corrected chi connectivity index (χ2v) is 6.51. The first kappa shape index (κ1) is 17.5. The van der Waals surface area contributed by atoms with E-state index in [0.29, 0.717) is 26.2 Å². The van der Waals surface area contributed by atoms with Crippen LogP contribution in [0.15, 0.2) is 24.4 Å². The maximum atomic E-state index is 12.3. The van der Waals surface area contributed by atoms with Gasteiger partial charge in [0.25, 0.3) is 0 Å². The number of hydrogen-bond acceptors (Lipinski definition) is 4. The van der Waals surface area contributed by atoms with Crippen molar-refractivity contribution < 1.29 is 14.3 Å². The molecule has 0 bridgehead atoms. The molecule has 6 heteroatoms. The number of hydrogen-bond donors (Lipinski definition) is 1. The highest BCUT2D eigenvalue weighted by Gasteiger charge is 2.25. The van der Waals surface area contributed by atoms with Crippen LogP contribution in [-0.2, 0) is 20.7 Å². The Morgan fingerprint density at radius 3 is 2.92 bits per heavy atom. The van der Waals surface area contributed by atoms with Gasteiger partial charge in [0, 0.05) is 36.7 Å². The standard InChI is InChI=1S/C19H25N3O3/c1-3-25-19(24)13-21-8-9-22(18(23)12-21)7-6-15-11-20-17-10-14(2)4-5-16(15)17/h4-5,10-11,20H,3,6-9,12-13H2,1-2H3. The number of H-pyrrole nitrogens is 1. The van der Waals surface area contributed by atoms with Gasteiger partial charge < -0.3 is 14.6 Å². The fraction of sp³-hybridized carbons (Fsp3) is 0.474. The summed E-state index contributed by atoms with van der Waals surface area (Å²) in [4.78, 5) is 30.9. The molecule has 0 radical (unpaired) electrons. The second kappa shape index (κ2) is 7.70. The fourth-order valence-corrected chi connectivity index (χ4v) is 3.28. The average Bonchev–Trinajstić information content (AvgIpc) is 2.96. The number of fused-ring (bicyclic) bond motifs is 1. The lowest BCUT2D eigenvalue weighted by atomic mass is 10.1. The first-order valence-corrected chi connectivity index (χ1v) is 8.79. The number of amides is 1. The molecule has 25 heavy (non-hydrogen) atoms. The van der Waals surface area contributed by atoms with E-state index in [1.165, 1.54) is 16.5 Å². The number of nitrogens with zero attached hydrogens (tertiary/aromatic N) is 2. The summed E-state index contributed by atoms with van der Waals surface area (Å²) in [5.74, 6) is -0.191. The Kier molecular flexibility index (Phi) is 5.38. The van der Waals surface area contributed by atoms with Crippen LogP contribution in [0.4, 0.5) is 0 Å². The van der Waals surface area contributed by atoms with Crippen LogP contribution >= 0.6 is 0 Å². The summed E-state index contributed by atoms with van der Waals surface area (Å²) in [5, 5.41) is 1.22. The van der Waals surface area contributed by atoms with E-state index in [1.807, 2.05) is 16.0 Å². The summed E-state index contributed by atoms with van der Waals surface area (Å²) < 4.78 is 4.94. The molecule has 1 aliphatic heterocycles. The van der Waals surface area contributed by atoms with E-state index < -0.39 is 0 Å². The fourth-order valence-electron chi connectivity index (χ4n) is 3.28. The van der Waals surface area contributed by atoms with Crippen molar-refractivity contribution in [1.29, 1.82) is 0 Å². The minimum atomic E-state index is -0.266. The minimum absolute atomic E-state index is 0.0752. The predicted octanol–water partition coefficient (Wildman–Crippen LogP) is 1.73.